The van der Waals surface area contributed by atoms with E-state index in [4.69, 9.17) is 18.0 Å². The van der Waals surface area contributed by atoms with Crippen LogP contribution in [0.2, 0.25) is 0 Å². The summed E-state index contributed by atoms with van der Waals surface area (Å²) in [7, 11) is 0. The molecule has 0 bridgehead atoms. The van der Waals surface area contributed by atoms with Crippen molar-refractivity contribution in [3.63, 3.8) is 0 Å². The van der Waals surface area contributed by atoms with Crippen LogP contribution in [-0.2, 0) is 0 Å². The molecule has 2 unspecified atom stereocenters. The number of hydrogen-bond donors (Lipinski definition) is 1. The highest BCUT2D eigenvalue weighted by Gasteiger charge is 2.42. The van der Waals surface area contributed by atoms with Crippen LogP contribution < -0.4 is 5.73 Å². The van der Waals surface area contributed by atoms with Gasteiger partial charge in [-0.25, -0.2) is 9.98 Å². The molecule has 1 aliphatic heterocycles. The molecule has 9 heteroatoms. The molecule has 0 saturated carbocycles. The van der Waals surface area contributed by atoms with Gasteiger partial charge in [-0.15, -0.1) is 11.3 Å². The molecule has 2 aromatic heterocycles. The van der Waals surface area contributed by atoms with Crippen LogP contribution in [0, 0.1) is 0 Å². The summed E-state index contributed by atoms with van der Waals surface area (Å²) in [5.41, 5.74) is 6.32. The van der Waals surface area contributed by atoms with E-state index in [1.54, 1.807) is 24.5 Å². The Labute approximate surface area is 158 Å². The number of hydrogen-bond acceptors (Lipinski definition) is 6. The van der Waals surface area contributed by atoms with Crippen LogP contribution in [-0.4, -0.2) is 33.7 Å². The minimum atomic E-state index is -4.66. The summed E-state index contributed by atoms with van der Waals surface area (Å²) in [4.78, 5) is 11.6. The Morgan fingerprint density at radius 3 is 2.58 bits per heavy atom. The van der Waals surface area contributed by atoms with Crippen molar-refractivity contribution < 1.29 is 13.2 Å². The Kier molecular flexibility index (Phi) is 4.98. The number of thiophene rings is 1. The highest BCUT2D eigenvalue weighted by Crippen LogP contribution is 2.33. The Bertz CT molecular complexity index is 928. The molecule has 2 aromatic rings. The van der Waals surface area contributed by atoms with E-state index in [1.807, 2.05) is 6.07 Å². The molecule has 0 aliphatic carbocycles. The van der Waals surface area contributed by atoms with Gasteiger partial charge in [-0.05, 0) is 35.2 Å². The first-order valence-electron chi connectivity index (χ1n) is 8.00. The molecule has 26 heavy (non-hydrogen) atoms. The number of halogens is 3. The molecule has 3 rings (SSSR count). The fourth-order valence-corrected chi connectivity index (χ4v) is 4.02. The summed E-state index contributed by atoms with van der Waals surface area (Å²) in [5.74, 6) is -0.209. The van der Waals surface area contributed by atoms with E-state index in [9.17, 15) is 13.2 Å². The summed E-state index contributed by atoms with van der Waals surface area (Å²) in [6, 6.07) is 1.90. The third-order valence-electron chi connectivity index (χ3n) is 4.23. The molecule has 3 heterocycles. The Hall–Kier alpha value is -1.71. The predicted octanol–water partition coefficient (Wildman–Crippen LogP) is 4.59. The number of thiocarbonyl (C=S) groups is 1. The van der Waals surface area contributed by atoms with Crippen LogP contribution in [0.4, 0.5) is 13.2 Å². The van der Waals surface area contributed by atoms with Gasteiger partial charge in [-0.2, -0.15) is 13.2 Å². The van der Waals surface area contributed by atoms with Crippen molar-refractivity contribution >= 4 is 50.1 Å². The number of aromatic nitrogens is 1. The van der Waals surface area contributed by atoms with Crippen molar-refractivity contribution in [1.29, 1.82) is 0 Å². The van der Waals surface area contributed by atoms with Gasteiger partial charge in [-0.3, -0.25) is 4.98 Å². The van der Waals surface area contributed by atoms with Crippen molar-refractivity contribution in [2.75, 3.05) is 0 Å². The molecule has 0 aromatic carbocycles. The zero-order valence-corrected chi connectivity index (χ0v) is 16.0. The Balaban J connectivity index is 2.03. The molecule has 0 radical (unpaired) electrons. The van der Waals surface area contributed by atoms with Crippen molar-refractivity contribution in [3.05, 3.63) is 28.9 Å². The Morgan fingerprint density at radius 1 is 1.27 bits per heavy atom. The van der Waals surface area contributed by atoms with Gasteiger partial charge in [0.2, 0.25) is 0 Å². The van der Waals surface area contributed by atoms with Crippen molar-refractivity contribution in [2.45, 2.75) is 44.9 Å². The van der Waals surface area contributed by atoms with Crippen LogP contribution in [0.5, 0.6) is 0 Å². The molecule has 2 N–H and O–H groups in total. The molecule has 4 nitrogen and oxygen atoms in total. The minimum Gasteiger partial charge on any atom is -0.305 e. The van der Waals surface area contributed by atoms with Gasteiger partial charge in [0.1, 0.15) is 12.0 Å². The predicted molar refractivity (Wildman–Crippen MR) is 104 cm³/mol. The van der Waals surface area contributed by atoms with Gasteiger partial charge >= 0.3 is 6.18 Å². The molecule has 1 aliphatic rings. The van der Waals surface area contributed by atoms with E-state index in [2.05, 4.69) is 34.2 Å². The monoisotopic (exact) mass is 398 g/mol. The molecule has 0 spiro atoms. The fourth-order valence-electron chi connectivity index (χ4n) is 2.74. The maximum absolute atomic E-state index is 13.2. The molecule has 2 atom stereocenters. The molecule has 0 amide bonds. The highest BCUT2D eigenvalue weighted by molar-refractivity contribution is 7.82. The molecular weight excluding hydrogens is 381 g/mol. The van der Waals surface area contributed by atoms with E-state index in [1.165, 1.54) is 5.56 Å². The normalized spacial score (nSPS) is 19.7. The number of aliphatic imine (C=N–C) groups is 2. The van der Waals surface area contributed by atoms with Crippen molar-refractivity contribution in [1.82, 2.24) is 4.98 Å². The number of fused-ring (bicyclic) bond motifs is 1. The summed E-state index contributed by atoms with van der Waals surface area (Å²) < 4.78 is 40.5. The maximum Gasteiger partial charge on any atom is 0.434 e. The number of nitrogens with two attached hydrogens (primary N) is 1. The summed E-state index contributed by atoms with van der Waals surface area (Å²) in [5, 5.41) is 3.13. The zero-order valence-electron chi connectivity index (χ0n) is 14.3. The van der Waals surface area contributed by atoms with Crippen molar-refractivity contribution in [3.8, 4) is 0 Å². The average Bonchev–Trinajstić information content (AvgIpc) is 2.98. The molecule has 0 saturated heterocycles. The lowest BCUT2D eigenvalue weighted by Gasteiger charge is -2.22. The first-order chi connectivity index (χ1) is 12.1. The van der Waals surface area contributed by atoms with Gasteiger partial charge in [0, 0.05) is 6.20 Å². The van der Waals surface area contributed by atoms with Gasteiger partial charge in [-0.1, -0.05) is 26.1 Å². The first-order valence-corrected chi connectivity index (χ1v) is 9.28. The number of pyridine rings is 1. The highest BCUT2D eigenvalue weighted by atomic mass is 32.1. The van der Waals surface area contributed by atoms with Gasteiger partial charge < -0.3 is 5.73 Å². The summed E-state index contributed by atoms with van der Waals surface area (Å²) in [6.45, 7) is 5.90. The van der Waals surface area contributed by atoms with E-state index in [0.29, 0.717) is 11.6 Å². The number of amidine groups is 1. The van der Waals surface area contributed by atoms with Crippen LogP contribution >= 0.6 is 23.6 Å². The summed E-state index contributed by atoms with van der Waals surface area (Å²) in [6.07, 6.45) is -4.15. The van der Waals surface area contributed by atoms with Crippen LogP contribution in [0.25, 0.3) is 10.1 Å². The largest absolute Gasteiger partial charge is 0.434 e. The minimum absolute atomic E-state index is 0.00778. The van der Waals surface area contributed by atoms with E-state index < -0.39 is 28.8 Å². The SMILES string of the molecule is CC(C)c1csc2cnc(C(C)C3=NC(N)C(=S)C(C(F)(F)F)=N3)cc12. The second kappa shape index (κ2) is 6.79. The lowest BCUT2D eigenvalue weighted by Crippen LogP contribution is -2.44. The second-order valence-corrected chi connectivity index (χ2v) is 7.78. The maximum atomic E-state index is 13.2. The van der Waals surface area contributed by atoms with Gasteiger partial charge in [0.25, 0.3) is 0 Å². The topological polar surface area (TPSA) is 63.6 Å². The Morgan fingerprint density at radius 2 is 1.96 bits per heavy atom. The zero-order chi connectivity index (χ0) is 19.2. The van der Waals surface area contributed by atoms with E-state index >= 15 is 0 Å². The van der Waals surface area contributed by atoms with Crippen LogP contribution in [0.3, 0.4) is 0 Å². The number of alkyl halides is 3. The van der Waals surface area contributed by atoms with Crippen LogP contribution in [0.15, 0.2) is 27.6 Å². The molecule has 138 valence electrons. The van der Waals surface area contributed by atoms with Crippen LogP contribution in [0.1, 0.15) is 43.9 Å². The first kappa shape index (κ1) is 19.1. The average molecular weight is 398 g/mol. The smallest absolute Gasteiger partial charge is 0.305 e. The third kappa shape index (κ3) is 3.43. The fraction of sp³-hybridized carbons (Fsp3) is 0.412. The van der Waals surface area contributed by atoms with E-state index in [0.717, 1.165) is 10.1 Å². The molecular formula is C17H17F3N4S2. The standard InChI is InChI=1S/C17H17F3N4S2/c1-7(2)10-6-26-12-5-22-11(4-9(10)12)8(3)16-23-14(17(18,19)20)13(25)15(21)24-16/h4-8,15H,21H2,1-3H3. The number of nitrogens with zero attached hydrogens (tertiary/aromatic N) is 3. The second-order valence-electron chi connectivity index (χ2n) is 6.43. The van der Waals surface area contributed by atoms with E-state index in [-0.39, 0.29) is 5.84 Å². The van der Waals surface area contributed by atoms with Crippen molar-refractivity contribution in [2.24, 2.45) is 15.7 Å². The third-order valence-corrected chi connectivity index (χ3v) is 5.62. The molecule has 0 fully saturated rings. The quantitative estimate of drug-likeness (QED) is 0.769. The summed E-state index contributed by atoms with van der Waals surface area (Å²) >= 11 is 6.35. The lowest BCUT2D eigenvalue weighted by atomic mass is 9.99. The van der Waals surface area contributed by atoms with Gasteiger partial charge in [0.05, 0.1) is 21.2 Å². The number of rotatable bonds is 3. The van der Waals surface area contributed by atoms with Gasteiger partial charge in [0.15, 0.2) is 5.71 Å². The lowest BCUT2D eigenvalue weighted by molar-refractivity contribution is -0.0566.